The maximum absolute atomic E-state index is 13.0. The van der Waals surface area contributed by atoms with E-state index in [1.165, 1.54) is 31.6 Å². The molecule has 28 heavy (non-hydrogen) atoms. The number of sulfonamides is 1. The lowest BCUT2D eigenvalue weighted by Gasteiger charge is -2.28. The van der Waals surface area contributed by atoms with Crippen LogP contribution < -0.4 is 15.6 Å². The Morgan fingerprint density at radius 1 is 1.21 bits per heavy atom. The van der Waals surface area contributed by atoms with Gasteiger partial charge in [-0.2, -0.15) is 0 Å². The van der Waals surface area contributed by atoms with Crippen LogP contribution in [0.2, 0.25) is 0 Å². The first kappa shape index (κ1) is 19.0. The number of aromatic nitrogens is 3. The molecule has 1 N–H and O–H groups in total. The van der Waals surface area contributed by atoms with Crippen LogP contribution in [0.5, 0.6) is 0 Å². The fourth-order valence-corrected chi connectivity index (χ4v) is 4.69. The quantitative estimate of drug-likeness (QED) is 0.656. The molecule has 0 atom stereocenters. The molecule has 4 rings (SSSR count). The van der Waals surface area contributed by atoms with Gasteiger partial charge in [0.1, 0.15) is 10.7 Å². The number of hydrogen-bond acceptors (Lipinski definition) is 8. The van der Waals surface area contributed by atoms with Gasteiger partial charge in [0.25, 0.3) is 0 Å². The summed E-state index contributed by atoms with van der Waals surface area (Å²) in [4.78, 5) is 23.8. The van der Waals surface area contributed by atoms with E-state index in [1.807, 2.05) is 0 Å². The molecule has 1 fully saturated rings. The lowest BCUT2D eigenvalue weighted by molar-refractivity contribution is 0.519. The number of fused-ring (bicyclic) bond motifs is 1. The Bertz CT molecular complexity index is 1170. The molecule has 0 amide bonds. The molecule has 0 saturated carbocycles. The standard InChI is InChI=1S/C17H20N6O3S2/c1-21(2)28(25,26)13-11-23(17-19-7-10-27-17)16-12(15(13)24)3-4-14(20-16)22-8-5-18-6-9-22/h3-4,7,10-11,18H,5-6,8-9H2,1-2H3. The molecule has 0 aromatic carbocycles. The highest BCUT2D eigenvalue weighted by atomic mass is 32.2. The number of nitrogens with zero attached hydrogens (tertiary/aromatic N) is 5. The third kappa shape index (κ3) is 3.20. The molecule has 3 aromatic rings. The summed E-state index contributed by atoms with van der Waals surface area (Å²) in [7, 11) is -1.11. The van der Waals surface area contributed by atoms with Crippen LogP contribution in [-0.4, -0.2) is 67.5 Å². The summed E-state index contributed by atoms with van der Waals surface area (Å²) in [5.41, 5.74) is -0.162. The van der Waals surface area contributed by atoms with Gasteiger partial charge in [0.05, 0.1) is 5.39 Å². The number of nitrogens with one attached hydrogen (secondary N) is 1. The molecular formula is C17H20N6O3S2. The normalized spacial score (nSPS) is 15.5. The molecular weight excluding hydrogens is 400 g/mol. The van der Waals surface area contributed by atoms with Gasteiger partial charge >= 0.3 is 0 Å². The summed E-state index contributed by atoms with van der Waals surface area (Å²) in [5.74, 6) is 0.752. The van der Waals surface area contributed by atoms with Crippen LogP contribution in [0.4, 0.5) is 5.82 Å². The Morgan fingerprint density at radius 2 is 1.96 bits per heavy atom. The number of piperazine rings is 1. The van der Waals surface area contributed by atoms with Crippen LogP contribution in [0.25, 0.3) is 16.2 Å². The van der Waals surface area contributed by atoms with Crippen molar-refractivity contribution in [1.82, 2.24) is 24.2 Å². The Balaban J connectivity index is 1.99. The second kappa shape index (κ2) is 7.24. The molecule has 0 unspecified atom stereocenters. The van der Waals surface area contributed by atoms with E-state index in [9.17, 15) is 13.2 Å². The molecule has 1 saturated heterocycles. The summed E-state index contributed by atoms with van der Waals surface area (Å²) in [5, 5.41) is 5.88. The predicted molar refractivity (Wildman–Crippen MR) is 109 cm³/mol. The molecule has 0 aliphatic carbocycles. The molecule has 0 radical (unpaired) electrons. The Hall–Kier alpha value is -2.34. The van der Waals surface area contributed by atoms with Crippen molar-refractivity contribution in [2.45, 2.75) is 4.90 Å². The fraction of sp³-hybridized carbons (Fsp3) is 0.353. The first-order valence-electron chi connectivity index (χ1n) is 8.74. The van der Waals surface area contributed by atoms with Crippen LogP contribution in [0.1, 0.15) is 0 Å². The average Bonchev–Trinajstić information content (AvgIpc) is 3.23. The highest BCUT2D eigenvalue weighted by molar-refractivity contribution is 7.89. The molecule has 0 bridgehead atoms. The largest absolute Gasteiger partial charge is 0.354 e. The van der Waals surface area contributed by atoms with E-state index in [0.29, 0.717) is 10.8 Å². The highest BCUT2D eigenvalue weighted by Crippen LogP contribution is 2.23. The summed E-state index contributed by atoms with van der Waals surface area (Å²) in [6.45, 7) is 3.35. The molecule has 11 heteroatoms. The zero-order chi connectivity index (χ0) is 19.9. The van der Waals surface area contributed by atoms with Gasteiger partial charge in [-0.1, -0.05) is 0 Å². The first-order valence-corrected chi connectivity index (χ1v) is 11.1. The zero-order valence-electron chi connectivity index (χ0n) is 15.5. The van der Waals surface area contributed by atoms with E-state index in [0.717, 1.165) is 36.3 Å². The molecule has 9 nitrogen and oxygen atoms in total. The van der Waals surface area contributed by atoms with Crippen LogP contribution in [0, 0.1) is 0 Å². The zero-order valence-corrected chi connectivity index (χ0v) is 17.1. The SMILES string of the molecule is CN(C)S(=O)(=O)c1cn(-c2nccs2)c2nc(N3CCNCC3)ccc2c1=O. The predicted octanol–water partition coefficient (Wildman–Crippen LogP) is 0.502. The minimum absolute atomic E-state index is 0.247. The lowest BCUT2D eigenvalue weighted by atomic mass is 10.2. The first-order chi connectivity index (χ1) is 13.4. The molecule has 1 aliphatic rings. The van der Waals surface area contributed by atoms with Crippen LogP contribution in [-0.2, 0) is 10.0 Å². The minimum Gasteiger partial charge on any atom is -0.354 e. The summed E-state index contributed by atoms with van der Waals surface area (Å²) >= 11 is 1.34. The number of thiazole rings is 1. The summed E-state index contributed by atoms with van der Waals surface area (Å²) < 4.78 is 28.0. The lowest BCUT2D eigenvalue weighted by Crippen LogP contribution is -2.43. The van der Waals surface area contributed by atoms with Crippen molar-refractivity contribution in [3.63, 3.8) is 0 Å². The maximum Gasteiger partial charge on any atom is 0.247 e. The van der Waals surface area contributed by atoms with Crippen molar-refractivity contribution in [1.29, 1.82) is 0 Å². The van der Waals surface area contributed by atoms with Crippen LogP contribution in [0.15, 0.2) is 39.6 Å². The van der Waals surface area contributed by atoms with Gasteiger partial charge in [0.15, 0.2) is 10.8 Å². The van der Waals surface area contributed by atoms with Gasteiger partial charge in [-0.05, 0) is 12.1 Å². The monoisotopic (exact) mass is 420 g/mol. The minimum atomic E-state index is -3.91. The molecule has 0 spiro atoms. The van der Waals surface area contributed by atoms with Gasteiger partial charge < -0.3 is 10.2 Å². The molecule has 148 valence electrons. The van der Waals surface area contributed by atoms with E-state index in [1.54, 1.807) is 28.3 Å². The Morgan fingerprint density at radius 3 is 2.61 bits per heavy atom. The van der Waals surface area contributed by atoms with Gasteiger partial charge in [-0.15, -0.1) is 11.3 Å². The van der Waals surface area contributed by atoms with Crippen molar-refractivity contribution < 1.29 is 8.42 Å². The van der Waals surface area contributed by atoms with E-state index in [-0.39, 0.29) is 10.3 Å². The topological polar surface area (TPSA) is 100 Å². The van der Waals surface area contributed by atoms with Gasteiger partial charge in [-0.25, -0.2) is 22.7 Å². The van der Waals surface area contributed by atoms with Crippen LogP contribution in [0.3, 0.4) is 0 Å². The van der Waals surface area contributed by atoms with Gasteiger partial charge in [0, 0.05) is 58.0 Å². The van der Waals surface area contributed by atoms with Gasteiger partial charge in [0.2, 0.25) is 15.5 Å². The number of anilines is 1. The Labute approximate surface area is 166 Å². The smallest absolute Gasteiger partial charge is 0.247 e. The number of pyridine rings is 2. The van der Waals surface area contributed by atoms with E-state index in [4.69, 9.17) is 4.98 Å². The average molecular weight is 421 g/mol. The van der Waals surface area contributed by atoms with Crippen molar-refractivity contribution >= 4 is 38.2 Å². The van der Waals surface area contributed by atoms with E-state index >= 15 is 0 Å². The Kier molecular flexibility index (Phi) is 4.91. The second-order valence-corrected chi connectivity index (χ2v) is 9.57. The summed E-state index contributed by atoms with van der Waals surface area (Å²) in [6.07, 6.45) is 2.96. The maximum atomic E-state index is 13.0. The molecule has 1 aliphatic heterocycles. The molecule has 4 heterocycles. The fourth-order valence-electron chi connectivity index (χ4n) is 3.10. The third-order valence-electron chi connectivity index (χ3n) is 4.63. The highest BCUT2D eigenvalue weighted by Gasteiger charge is 2.25. The van der Waals surface area contributed by atoms with Gasteiger partial charge in [-0.3, -0.25) is 9.36 Å². The van der Waals surface area contributed by atoms with Crippen molar-refractivity contribution in [2.75, 3.05) is 45.2 Å². The molecule has 3 aromatic heterocycles. The van der Waals surface area contributed by atoms with E-state index < -0.39 is 15.5 Å². The number of hydrogen-bond donors (Lipinski definition) is 1. The third-order valence-corrected chi connectivity index (χ3v) is 7.21. The van der Waals surface area contributed by atoms with E-state index in [2.05, 4.69) is 15.2 Å². The van der Waals surface area contributed by atoms with Crippen molar-refractivity contribution in [3.8, 4) is 5.13 Å². The summed E-state index contributed by atoms with van der Waals surface area (Å²) in [6, 6.07) is 3.42. The number of rotatable bonds is 4. The van der Waals surface area contributed by atoms with Crippen molar-refractivity contribution in [3.05, 3.63) is 40.1 Å². The van der Waals surface area contributed by atoms with Crippen LogP contribution >= 0.6 is 11.3 Å². The second-order valence-electron chi connectivity index (χ2n) is 6.57. The van der Waals surface area contributed by atoms with Crippen molar-refractivity contribution in [2.24, 2.45) is 0 Å².